The SMILES string of the molecule is CCCCCCCCCCCCCCCCCC(=O)OCCOCCOCCOCCOCCOCCOC(=O)CCCCCCC. The molecule has 280 valence electrons. The van der Waals surface area contributed by atoms with Gasteiger partial charge in [-0.05, 0) is 12.8 Å². The van der Waals surface area contributed by atoms with Crippen molar-refractivity contribution in [3.63, 3.8) is 0 Å². The molecule has 0 radical (unpaired) electrons. The second kappa shape index (κ2) is 40.9. The van der Waals surface area contributed by atoms with E-state index >= 15 is 0 Å². The van der Waals surface area contributed by atoms with E-state index < -0.39 is 0 Å². The second-order valence-corrected chi connectivity index (χ2v) is 12.4. The first-order valence-corrected chi connectivity index (χ1v) is 19.4. The lowest BCUT2D eigenvalue weighted by atomic mass is 10.0. The summed E-state index contributed by atoms with van der Waals surface area (Å²) in [5.41, 5.74) is 0. The molecule has 47 heavy (non-hydrogen) atoms. The summed E-state index contributed by atoms with van der Waals surface area (Å²) >= 11 is 0. The minimum absolute atomic E-state index is 0.130. The molecule has 0 fully saturated rings. The van der Waals surface area contributed by atoms with Crippen LogP contribution in [0.2, 0.25) is 0 Å². The smallest absolute Gasteiger partial charge is 0.305 e. The van der Waals surface area contributed by atoms with Gasteiger partial charge in [-0.2, -0.15) is 0 Å². The van der Waals surface area contributed by atoms with Crippen molar-refractivity contribution in [1.82, 2.24) is 0 Å². The maximum atomic E-state index is 11.9. The molecule has 0 spiro atoms. The fourth-order valence-electron chi connectivity index (χ4n) is 5.07. The van der Waals surface area contributed by atoms with Crippen LogP contribution < -0.4 is 0 Å². The Hall–Kier alpha value is -1.26. The first kappa shape index (κ1) is 45.7. The van der Waals surface area contributed by atoms with Gasteiger partial charge in [-0.3, -0.25) is 9.59 Å². The minimum Gasteiger partial charge on any atom is -0.463 e. The van der Waals surface area contributed by atoms with Crippen LogP contribution in [0.5, 0.6) is 0 Å². The van der Waals surface area contributed by atoms with Crippen molar-refractivity contribution >= 4 is 11.9 Å². The molecule has 0 amide bonds. The fourth-order valence-corrected chi connectivity index (χ4v) is 5.07. The Balaban J connectivity index is 3.18. The van der Waals surface area contributed by atoms with E-state index in [0.717, 1.165) is 25.7 Å². The minimum atomic E-state index is -0.145. The first-order chi connectivity index (χ1) is 23.2. The Morgan fingerprint density at radius 1 is 0.298 bits per heavy atom. The van der Waals surface area contributed by atoms with Gasteiger partial charge in [-0.15, -0.1) is 0 Å². The van der Waals surface area contributed by atoms with Crippen molar-refractivity contribution in [2.24, 2.45) is 0 Å². The third-order valence-electron chi connectivity index (χ3n) is 7.94. The first-order valence-electron chi connectivity index (χ1n) is 19.4. The second-order valence-electron chi connectivity index (χ2n) is 12.4. The highest BCUT2D eigenvalue weighted by Crippen LogP contribution is 2.14. The van der Waals surface area contributed by atoms with E-state index in [1.165, 1.54) is 103 Å². The number of carbonyl (C=O) groups is 2. The molecule has 9 heteroatoms. The highest BCUT2D eigenvalue weighted by atomic mass is 16.6. The van der Waals surface area contributed by atoms with Crippen LogP contribution in [0.15, 0.2) is 0 Å². The van der Waals surface area contributed by atoms with Crippen LogP contribution in [-0.4, -0.2) is 91.2 Å². The van der Waals surface area contributed by atoms with Gasteiger partial charge in [0.15, 0.2) is 0 Å². The Kier molecular flexibility index (Phi) is 39.8. The average molecular weight is 675 g/mol. The van der Waals surface area contributed by atoms with E-state index in [9.17, 15) is 9.59 Å². The van der Waals surface area contributed by atoms with Gasteiger partial charge in [0.2, 0.25) is 0 Å². The summed E-state index contributed by atoms with van der Waals surface area (Å²) in [7, 11) is 0. The Labute approximate surface area is 288 Å². The summed E-state index contributed by atoms with van der Waals surface area (Å²) in [6.45, 7) is 9.59. The summed E-state index contributed by atoms with van der Waals surface area (Å²) in [5, 5.41) is 0. The van der Waals surface area contributed by atoms with E-state index in [0.29, 0.717) is 85.5 Å². The molecular formula is C38H74O9. The van der Waals surface area contributed by atoms with Crippen molar-refractivity contribution in [1.29, 1.82) is 0 Å². The maximum Gasteiger partial charge on any atom is 0.305 e. The molecule has 9 nitrogen and oxygen atoms in total. The summed E-state index contributed by atoms with van der Waals surface area (Å²) in [4.78, 5) is 23.5. The van der Waals surface area contributed by atoms with Gasteiger partial charge in [-0.25, -0.2) is 0 Å². The van der Waals surface area contributed by atoms with Crippen LogP contribution in [0.25, 0.3) is 0 Å². The van der Waals surface area contributed by atoms with Crippen LogP contribution in [0.3, 0.4) is 0 Å². The molecule has 0 rings (SSSR count). The van der Waals surface area contributed by atoms with Gasteiger partial charge < -0.3 is 33.2 Å². The van der Waals surface area contributed by atoms with E-state index in [2.05, 4.69) is 13.8 Å². The van der Waals surface area contributed by atoms with E-state index in [4.69, 9.17) is 33.2 Å². The molecule has 0 N–H and O–H groups in total. The Morgan fingerprint density at radius 3 is 0.766 bits per heavy atom. The lowest BCUT2D eigenvalue weighted by Gasteiger charge is -2.08. The lowest BCUT2D eigenvalue weighted by molar-refractivity contribution is -0.146. The molecule has 0 bridgehead atoms. The number of hydrogen-bond donors (Lipinski definition) is 0. The normalized spacial score (nSPS) is 11.3. The fraction of sp³-hybridized carbons (Fsp3) is 0.947. The summed E-state index contributed by atoms with van der Waals surface area (Å²) < 4.78 is 37.7. The molecule has 0 aromatic heterocycles. The predicted molar refractivity (Wildman–Crippen MR) is 189 cm³/mol. The van der Waals surface area contributed by atoms with Gasteiger partial charge in [0, 0.05) is 12.8 Å². The highest BCUT2D eigenvalue weighted by molar-refractivity contribution is 5.69. The molecule has 0 aromatic carbocycles. The number of esters is 2. The third kappa shape index (κ3) is 40.8. The number of hydrogen-bond acceptors (Lipinski definition) is 9. The standard InChI is InChI=1S/C38H74O9/c1-3-5-7-9-10-11-12-13-14-15-16-17-18-20-22-24-38(40)47-36-34-45-32-30-43-28-26-41-25-27-42-29-31-44-33-35-46-37(39)23-21-19-8-6-4-2/h3-36H2,1-2H3. The summed E-state index contributed by atoms with van der Waals surface area (Å²) in [6.07, 6.45) is 26.3. The average Bonchev–Trinajstić information content (AvgIpc) is 3.07. The monoisotopic (exact) mass is 675 g/mol. The molecule has 0 unspecified atom stereocenters. The molecule has 0 atom stereocenters. The van der Waals surface area contributed by atoms with Crippen LogP contribution in [0.4, 0.5) is 0 Å². The van der Waals surface area contributed by atoms with Crippen LogP contribution in [0.1, 0.15) is 155 Å². The Bertz CT molecular complexity index is 632. The molecule has 0 heterocycles. The zero-order valence-electron chi connectivity index (χ0n) is 30.7. The zero-order valence-corrected chi connectivity index (χ0v) is 30.7. The third-order valence-corrected chi connectivity index (χ3v) is 7.94. The van der Waals surface area contributed by atoms with Crippen molar-refractivity contribution in [3.8, 4) is 0 Å². The molecule has 0 aliphatic heterocycles. The highest BCUT2D eigenvalue weighted by Gasteiger charge is 2.04. The molecular weight excluding hydrogens is 600 g/mol. The van der Waals surface area contributed by atoms with Gasteiger partial charge in [0.05, 0.1) is 66.1 Å². The number of carbonyl (C=O) groups excluding carboxylic acids is 2. The van der Waals surface area contributed by atoms with Gasteiger partial charge >= 0.3 is 11.9 Å². The molecule has 0 saturated heterocycles. The number of rotatable bonds is 40. The van der Waals surface area contributed by atoms with Gasteiger partial charge in [0.1, 0.15) is 13.2 Å². The van der Waals surface area contributed by atoms with Crippen LogP contribution in [-0.2, 0) is 42.7 Å². The van der Waals surface area contributed by atoms with Crippen molar-refractivity contribution in [2.45, 2.75) is 155 Å². The van der Waals surface area contributed by atoms with E-state index in [1.807, 2.05) is 0 Å². The lowest BCUT2D eigenvalue weighted by Crippen LogP contribution is -2.15. The topological polar surface area (TPSA) is 98.8 Å². The zero-order chi connectivity index (χ0) is 34.1. The molecule has 0 aliphatic carbocycles. The van der Waals surface area contributed by atoms with Crippen molar-refractivity contribution in [3.05, 3.63) is 0 Å². The Morgan fingerprint density at radius 2 is 0.511 bits per heavy atom. The predicted octanol–water partition coefficient (Wildman–Crippen LogP) is 8.78. The number of unbranched alkanes of at least 4 members (excludes halogenated alkanes) is 18. The van der Waals surface area contributed by atoms with Gasteiger partial charge in [0.25, 0.3) is 0 Å². The van der Waals surface area contributed by atoms with Crippen LogP contribution in [0, 0.1) is 0 Å². The van der Waals surface area contributed by atoms with Crippen molar-refractivity contribution < 1.29 is 42.7 Å². The van der Waals surface area contributed by atoms with E-state index in [1.54, 1.807) is 0 Å². The van der Waals surface area contributed by atoms with Crippen LogP contribution >= 0.6 is 0 Å². The summed E-state index contributed by atoms with van der Waals surface area (Å²) in [5.74, 6) is -0.275. The molecule has 0 aromatic rings. The summed E-state index contributed by atoms with van der Waals surface area (Å²) in [6, 6.07) is 0. The maximum absolute atomic E-state index is 11.9. The van der Waals surface area contributed by atoms with Crippen molar-refractivity contribution in [2.75, 3.05) is 79.3 Å². The van der Waals surface area contributed by atoms with Gasteiger partial charge in [-0.1, -0.05) is 129 Å². The molecule has 0 saturated carbocycles. The molecule has 0 aliphatic rings. The largest absolute Gasteiger partial charge is 0.463 e. The quantitative estimate of drug-likeness (QED) is 0.0467. The number of ether oxygens (including phenoxy) is 7. The van der Waals surface area contributed by atoms with E-state index in [-0.39, 0.29) is 18.5 Å².